The van der Waals surface area contributed by atoms with Gasteiger partial charge in [-0.05, 0) is 24.6 Å². The molecule has 2 atom stereocenters. The fourth-order valence-corrected chi connectivity index (χ4v) is 5.07. The Morgan fingerprint density at radius 3 is 2.57 bits per heavy atom. The molecule has 2 aromatic rings. The highest BCUT2D eigenvalue weighted by Crippen LogP contribution is 2.54. The molecule has 0 spiro atoms. The smallest absolute Gasteiger partial charge is 0.293 e. The maximum Gasteiger partial charge on any atom is 0.293 e. The third kappa shape index (κ3) is 2.47. The molecule has 108 valence electrons. The molecule has 1 aliphatic heterocycles. The monoisotopic (exact) mass is 302 g/mol. The molecule has 0 bridgehead atoms. The zero-order chi connectivity index (χ0) is 14.9. The van der Waals surface area contributed by atoms with Gasteiger partial charge >= 0.3 is 0 Å². The van der Waals surface area contributed by atoms with Crippen LogP contribution in [0.3, 0.4) is 0 Å². The van der Waals surface area contributed by atoms with E-state index in [0.717, 1.165) is 11.1 Å². The summed E-state index contributed by atoms with van der Waals surface area (Å²) in [4.78, 5) is 10.5. The minimum absolute atomic E-state index is 0.164. The van der Waals surface area contributed by atoms with Crippen molar-refractivity contribution in [3.8, 4) is 16.9 Å². The van der Waals surface area contributed by atoms with Crippen LogP contribution in [0.1, 0.15) is 6.92 Å². The van der Waals surface area contributed by atoms with Crippen LogP contribution < -0.4 is 9.83 Å². The van der Waals surface area contributed by atoms with Crippen molar-refractivity contribution < 1.29 is 18.6 Å². The van der Waals surface area contributed by atoms with Gasteiger partial charge in [-0.25, -0.2) is 0 Å². The van der Waals surface area contributed by atoms with Crippen molar-refractivity contribution in [1.82, 2.24) is 0 Å². The number of rotatable bonds is 4. The molecule has 1 heterocycles. The van der Waals surface area contributed by atoms with E-state index in [4.69, 9.17) is 9.26 Å². The van der Waals surface area contributed by atoms with E-state index < -0.39 is 13.5 Å². The van der Waals surface area contributed by atoms with Crippen molar-refractivity contribution >= 4 is 19.1 Å². The highest BCUT2D eigenvalue weighted by Gasteiger charge is 2.37. The standard InChI is InChI=1S/C16H15O4P/c1-12(19-11-17)10-21(18)16-9-5-3-7-14(16)13-6-2-4-8-15(13)20-21/h2-9,11-12H,10H2,1H3. The van der Waals surface area contributed by atoms with Crippen molar-refractivity contribution in [3.63, 3.8) is 0 Å². The summed E-state index contributed by atoms with van der Waals surface area (Å²) in [6.45, 7) is 2.08. The molecule has 2 unspecified atom stereocenters. The molecule has 2 aromatic carbocycles. The molecule has 0 saturated heterocycles. The Balaban J connectivity index is 2.09. The molecule has 5 heteroatoms. The first-order valence-corrected chi connectivity index (χ1v) is 8.52. The number of carbonyl (C=O) groups is 1. The molecule has 0 aromatic heterocycles. The van der Waals surface area contributed by atoms with E-state index >= 15 is 0 Å². The third-order valence-corrected chi connectivity index (χ3v) is 6.09. The van der Waals surface area contributed by atoms with Gasteiger partial charge in [-0.3, -0.25) is 9.36 Å². The number of para-hydroxylation sites is 1. The number of hydrogen-bond donors (Lipinski definition) is 0. The summed E-state index contributed by atoms with van der Waals surface area (Å²) in [6.07, 6.45) is -0.302. The molecule has 4 nitrogen and oxygen atoms in total. The van der Waals surface area contributed by atoms with E-state index in [2.05, 4.69) is 0 Å². The molecule has 0 saturated carbocycles. The second-order valence-corrected chi connectivity index (χ2v) is 7.38. The van der Waals surface area contributed by atoms with E-state index in [1.54, 1.807) is 6.92 Å². The van der Waals surface area contributed by atoms with Gasteiger partial charge in [-0.2, -0.15) is 0 Å². The van der Waals surface area contributed by atoms with Crippen molar-refractivity contribution in [1.29, 1.82) is 0 Å². The van der Waals surface area contributed by atoms with Crippen LogP contribution in [-0.2, 0) is 14.1 Å². The van der Waals surface area contributed by atoms with Gasteiger partial charge in [0.05, 0.1) is 11.5 Å². The minimum atomic E-state index is -3.11. The second-order valence-electron chi connectivity index (χ2n) is 5.00. The van der Waals surface area contributed by atoms with Crippen LogP contribution >= 0.6 is 7.37 Å². The average Bonchev–Trinajstić information content (AvgIpc) is 2.47. The SMILES string of the molecule is CC(CP1(=O)Oc2ccccc2-c2ccccc21)OC=O. The topological polar surface area (TPSA) is 52.6 Å². The largest absolute Gasteiger partial charge is 0.464 e. The zero-order valence-electron chi connectivity index (χ0n) is 11.6. The summed E-state index contributed by atoms with van der Waals surface area (Å²) in [7, 11) is -3.11. The number of hydrogen-bond acceptors (Lipinski definition) is 4. The molecule has 1 aliphatic rings. The van der Waals surface area contributed by atoms with E-state index in [1.807, 2.05) is 48.5 Å². The molecular formula is C16H15O4P. The van der Waals surface area contributed by atoms with Crippen LogP contribution in [0.25, 0.3) is 11.1 Å². The summed E-state index contributed by atoms with van der Waals surface area (Å²) in [6, 6.07) is 15.0. The number of ether oxygens (including phenoxy) is 1. The number of fused-ring (bicyclic) bond motifs is 3. The highest BCUT2D eigenvalue weighted by atomic mass is 31.2. The lowest BCUT2D eigenvalue weighted by atomic mass is 10.0. The first kappa shape index (κ1) is 13.9. The number of carbonyl (C=O) groups excluding carboxylic acids is 1. The molecule has 3 rings (SSSR count). The second kappa shape index (κ2) is 5.38. The van der Waals surface area contributed by atoms with E-state index in [-0.39, 0.29) is 6.16 Å². The third-order valence-electron chi connectivity index (χ3n) is 3.48. The van der Waals surface area contributed by atoms with Crippen LogP contribution in [0, 0.1) is 0 Å². The van der Waals surface area contributed by atoms with Gasteiger partial charge in [0.15, 0.2) is 0 Å². The Morgan fingerprint density at radius 2 is 1.81 bits per heavy atom. The molecule has 21 heavy (non-hydrogen) atoms. The van der Waals surface area contributed by atoms with Crippen molar-refractivity contribution in [3.05, 3.63) is 48.5 Å². The fraction of sp³-hybridized carbons (Fsp3) is 0.188. The predicted molar refractivity (Wildman–Crippen MR) is 81.2 cm³/mol. The van der Waals surface area contributed by atoms with Crippen LogP contribution in [0.5, 0.6) is 5.75 Å². The summed E-state index contributed by atoms with van der Waals surface area (Å²) in [5.74, 6) is 0.609. The van der Waals surface area contributed by atoms with Gasteiger partial charge < -0.3 is 9.26 Å². The quantitative estimate of drug-likeness (QED) is 0.643. The highest BCUT2D eigenvalue weighted by molar-refractivity contribution is 7.67. The van der Waals surface area contributed by atoms with Gasteiger partial charge in [-0.15, -0.1) is 0 Å². The maximum absolute atomic E-state index is 13.3. The molecule has 0 radical (unpaired) electrons. The summed E-state index contributed by atoms with van der Waals surface area (Å²) < 4.78 is 24.0. The lowest BCUT2D eigenvalue weighted by Crippen LogP contribution is -2.25. The Bertz CT molecular complexity index is 726. The Hall–Kier alpha value is -2.06. The van der Waals surface area contributed by atoms with E-state index in [9.17, 15) is 9.36 Å². The average molecular weight is 302 g/mol. The maximum atomic E-state index is 13.3. The number of benzene rings is 2. The lowest BCUT2D eigenvalue weighted by molar-refractivity contribution is -0.131. The summed E-state index contributed by atoms with van der Waals surface area (Å²) in [5, 5.41) is 0.685. The minimum Gasteiger partial charge on any atom is -0.464 e. The first-order valence-electron chi connectivity index (χ1n) is 6.71. The van der Waals surface area contributed by atoms with Gasteiger partial charge in [0.2, 0.25) is 0 Å². The normalized spacial score (nSPS) is 20.6. The molecule has 0 amide bonds. The van der Waals surface area contributed by atoms with Crippen molar-refractivity contribution in [2.45, 2.75) is 13.0 Å². The van der Waals surface area contributed by atoms with E-state index in [1.165, 1.54) is 0 Å². The predicted octanol–water partition coefficient (Wildman–Crippen LogP) is 3.21. The van der Waals surface area contributed by atoms with Gasteiger partial charge in [0.1, 0.15) is 11.9 Å². The molecule has 0 N–H and O–H groups in total. The summed E-state index contributed by atoms with van der Waals surface area (Å²) >= 11 is 0. The van der Waals surface area contributed by atoms with Crippen LogP contribution in [-0.4, -0.2) is 18.7 Å². The lowest BCUT2D eigenvalue weighted by Gasteiger charge is -2.29. The Morgan fingerprint density at radius 1 is 1.14 bits per heavy atom. The molecular weight excluding hydrogens is 287 g/mol. The molecule has 0 fully saturated rings. The van der Waals surface area contributed by atoms with E-state index in [0.29, 0.717) is 17.5 Å². The van der Waals surface area contributed by atoms with Crippen LogP contribution in [0.2, 0.25) is 0 Å². The Labute approximate surface area is 123 Å². The zero-order valence-corrected chi connectivity index (χ0v) is 12.5. The van der Waals surface area contributed by atoms with Crippen molar-refractivity contribution in [2.24, 2.45) is 0 Å². The van der Waals surface area contributed by atoms with Crippen molar-refractivity contribution in [2.75, 3.05) is 6.16 Å². The molecule has 0 aliphatic carbocycles. The Kier molecular flexibility index (Phi) is 3.56. The van der Waals surface area contributed by atoms with Gasteiger partial charge in [0, 0.05) is 5.56 Å². The van der Waals surface area contributed by atoms with Crippen LogP contribution in [0.15, 0.2) is 48.5 Å². The van der Waals surface area contributed by atoms with Gasteiger partial charge in [-0.1, -0.05) is 36.4 Å². The first-order chi connectivity index (χ1) is 10.1. The fourth-order valence-electron chi connectivity index (χ4n) is 2.59. The summed E-state index contributed by atoms with van der Waals surface area (Å²) in [5.41, 5.74) is 1.85. The van der Waals surface area contributed by atoms with Gasteiger partial charge in [0.25, 0.3) is 13.8 Å². The van der Waals surface area contributed by atoms with Crippen LogP contribution in [0.4, 0.5) is 0 Å².